The maximum absolute atomic E-state index is 10.9. The number of imidazole rings is 1. The van der Waals surface area contributed by atoms with Gasteiger partial charge in [0.05, 0.1) is 16.2 Å². The van der Waals surface area contributed by atoms with Crippen LogP contribution in [-0.4, -0.2) is 45.7 Å². The molecule has 5 rings (SSSR count). The van der Waals surface area contributed by atoms with E-state index in [4.69, 9.17) is 26.4 Å². The number of ether oxygens (including phenoxy) is 1. The number of benzene rings is 1. The second-order valence-electron chi connectivity index (χ2n) is 8.61. The number of nitrogens with one attached hydrogen (secondary N) is 1. The summed E-state index contributed by atoms with van der Waals surface area (Å²) in [5.74, 6) is -0.487. The Hall–Kier alpha value is -2.80. The molecule has 3 aromatic rings. The van der Waals surface area contributed by atoms with Crippen LogP contribution in [0.5, 0.6) is 6.01 Å². The van der Waals surface area contributed by atoms with Crippen molar-refractivity contribution < 1.29 is 14.6 Å². The minimum absolute atomic E-state index is 0.0363. The van der Waals surface area contributed by atoms with Gasteiger partial charge in [-0.3, -0.25) is 4.79 Å². The third-order valence-electron chi connectivity index (χ3n) is 6.42. The molecule has 0 unspecified atom stereocenters. The molecule has 7 nitrogen and oxygen atoms in total. The van der Waals surface area contributed by atoms with E-state index in [2.05, 4.69) is 40.1 Å². The number of rotatable bonds is 5. The van der Waals surface area contributed by atoms with E-state index in [1.165, 1.54) is 11.3 Å². The monoisotopic (exact) mass is 440 g/mol. The topological polar surface area (TPSA) is 91.3 Å². The molecule has 1 saturated carbocycles. The summed E-state index contributed by atoms with van der Waals surface area (Å²) >= 11 is 6.57. The van der Waals surface area contributed by atoms with Crippen molar-refractivity contribution in [1.82, 2.24) is 15.0 Å². The van der Waals surface area contributed by atoms with E-state index < -0.39 is 5.97 Å². The Morgan fingerprint density at radius 1 is 1.26 bits per heavy atom. The van der Waals surface area contributed by atoms with Crippen LogP contribution >= 0.6 is 11.6 Å². The lowest BCUT2D eigenvalue weighted by atomic mass is 9.85. The first kappa shape index (κ1) is 20.1. The molecule has 0 amide bonds. The minimum atomic E-state index is -0.726. The van der Waals surface area contributed by atoms with Crippen LogP contribution in [0.1, 0.15) is 37.7 Å². The second kappa shape index (κ2) is 8.04. The van der Waals surface area contributed by atoms with Crippen LogP contribution < -0.4 is 9.64 Å². The number of fused-ring (bicyclic) bond motifs is 2. The highest BCUT2D eigenvalue weighted by molar-refractivity contribution is 6.33. The molecule has 8 heteroatoms. The third kappa shape index (κ3) is 4.06. The Morgan fingerprint density at radius 2 is 2.06 bits per heavy atom. The molecule has 3 heterocycles. The van der Waals surface area contributed by atoms with Crippen LogP contribution in [0.15, 0.2) is 24.3 Å². The van der Waals surface area contributed by atoms with Gasteiger partial charge >= 0.3 is 5.97 Å². The Bertz CT molecular complexity index is 1140. The molecule has 162 valence electrons. The lowest BCUT2D eigenvalue weighted by Crippen LogP contribution is -2.25. The molecular formula is C23H25ClN4O3. The molecule has 0 spiro atoms. The van der Waals surface area contributed by atoms with Crippen molar-refractivity contribution in [2.24, 2.45) is 5.92 Å². The molecule has 1 aromatic carbocycles. The van der Waals surface area contributed by atoms with Gasteiger partial charge in [-0.25, -0.2) is 4.98 Å². The fraction of sp³-hybridized carbons (Fsp3) is 0.435. The molecule has 0 radical (unpaired) electrons. The number of carboxylic acids is 1. The van der Waals surface area contributed by atoms with E-state index in [0.29, 0.717) is 16.7 Å². The molecule has 31 heavy (non-hydrogen) atoms. The number of anilines is 1. The van der Waals surface area contributed by atoms with Crippen molar-refractivity contribution in [3.63, 3.8) is 0 Å². The van der Waals surface area contributed by atoms with Crippen LogP contribution in [0.3, 0.4) is 0 Å². The summed E-state index contributed by atoms with van der Waals surface area (Å²) in [6.07, 6.45) is 4.68. The summed E-state index contributed by atoms with van der Waals surface area (Å²) in [4.78, 5) is 25.6. The first-order chi connectivity index (χ1) is 15.0. The average Bonchev–Trinajstić information content (AvgIpc) is 3.30. The first-order valence-electron chi connectivity index (χ1n) is 10.8. The molecular weight excluding hydrogens is 416 g/mol. The fourth-order valence-electron chi connectivity index (χ4n) is 4.73. The maximum atomic E-state index is 10.9. The largest absolute Gasteiger partial charge is 0.481 e. The number of hydrogen-bond donors (Lipinski definition) is 2. The molecule has 0 atom stereocenters. The Morgan fingerprint density at radius 3 is 2.84 bits per heavy atom. The highest BCUT2D eigenvalue weighted by Crippen LogP contribution is 2.35. The van der Waals surface area contributed by atoms with Crippen molar-refractivity contribution in [2.75, 3.05) is 18.5 Å². The van der Waals surface area contributed by atoms with Crippen LogP contribution in [-0.2, 0) is 11.2 Å². The standard InChI is InChI=1S/C23H25ClN4O3/c1-28-9-8-14-11-15(4-7-19(14)28)21-17(24)12-18-22(26-21)27-23(25-18)31-16-5-2-13(3-6-16)10-20(29)30/h4,7,11-13,16H,2-3,5-6,8-10H2,1H3,(H,29,30)(H,25,26,27)/t13-,16-. The van der Waals surface area contributed by atoms with Crippen molar-refractivity contribution in [1.29, 1.82) is 0 Å². The van der Waals surface area contributed by atoms with E-state index in [-0.39, 0.29) is 18.4 Å². The number of carbonyl (C=O) groups is 1. The predicted molar refractivity (Wildman–Crippen MR) is 120 cm³/mol. The smallest absolute Gasteiger partial charge is 0.303 e. The van der Waals surface area contributed by atoms with Crippen molar-refractivity contribution in [3.05, 3.63) is 34.9 Å². The van der Waals surface area contributed by atoms with Crippen molar-refractivity contribution in [2.45, 2.75) is 44.6 Å². The normalized spacial score (nSPS) is 20.8. The molecule has 2 aromatic heterocycles. The predicted octanol–water partition coefficient (Wildman–Crippen LogP) is 4.68. The van der Waals surface area contributed by atoms with Gasteiger partial charge in [0, 0.05) is 31.3 Å². The lowest BCUT2D eigenvalue weighted by molar-refractivity contribution is -0.138. The van der Waals surface area contributed by atoms with Gasteiger partial charge < -0.3 is 19.7 Å². The maximum Gasteiger partial charge on any atom is 0.303 e. The summed E-state index contributed by atoms with van der Waals surface area (Å²) in [5.41, 5.74) is 5.59. The van der Waals surface area contributed by atoms with Gasteiger partial charge in [-0.05, 0) is 61.8 Å². The van der Waals surface area contributed by atoms with Gasteiger partial charge in [-0.15, -0.1) is 0 Å². The van der Waals surface area contributed by atoms with E-state index >= 15 is 0 Å². The summed E-state index contributed by atoms with van der Waals surface area (Å²) in [7, 11) is 2.10. The zero-order valence-electron chi connectivity index (χ0n) is 17.4. The van der Waals surface area contributed by atoms with Crippen LogP contribution in [0.25, 0.3) is 22.4 Å². The zero-order valence-corrected chi connectivity index (χ0v) is 18.2. The van der Waals surface area contributed by atoms with Crippen molar-refractivity contribution in [3.8, 4) is 17.3 Å². The van der Waals surface area contributed by atoms with Crippen LogP contribution in [0.4, 0.5) is 5.69 Å². The SMILES string of the molecule is CN1CCc2cc(-c3nc4nc(O[C@H]5CC[C@H](CC(=O)O)CC5)[nH]c4cc3Cl)ccc21. The Balaban J connectivity index is 1.34. The number of hydrogen-bond acceptors (Lipinski definition) is 5. The average molecular weight is 441 g/mol. The first-order valence-corrected chi connectivity index (χ1v) is 11.1. The minimum Gasteiger partial charge on any atom is -0.481 e. The van der Waals surface area contributed by atoms with Gasteiger partial charge in [0.15, 0.2) is 5.65 Å². The van der Waals surface area contributed by atoms with Gasteiger partial charge in [0.1, 0.15) is 6.10 Å². The molecule has 0 saturated heterocycles. The summed E-state index contributed by atoms with van der Waals surface area (Å²) in [6, 6.07) is 8.63. The molecule has 0 bridgehead atoms. The second-order valence-corrected chi connectivity index (χ2v) is 9.01. The number of aliphatic carboxylic acids is 1. The molecule has 2 N–H and O–H groups in total. The summed E-state index contributed by atoms with van der Waals surface area (Å²) in [5, 5.41) is 9.54. The number of H-pyrrole nitrogens is 1. The van der Waals surface area contributed by atoms with Crippen molar-refractivity contribution >= 4 is 34.4 Å². The number of pyridine rings is 1. The molecule has 1 aliphatic carbocycles. The highest BCUT2D eigenvalue weighted by atomic mass is 35.5. The van der Waals surface area contributed by atoms with Gasteiger partial charge in [-0.1, -0.05) is 17.7 Å². The number of aromatic amines is 1. The lowest BCUT2D eigenvalue weighted by Gasteiger charge is -2.27. The number of aromatic nitrogens is 3. The van der Waals surface area contributed by atoms with E-state index in [9.17, 15) is 4.79 Å². The number of carboxylic acid groups (broad SMARTS) is 1. The quantitative estimate of drug-likeness (QED) is 0.598. The van der Waals surface area contributed by atoms with Gasteiger partial charge in [-0.2, -0.15) is 4.98 Å². The molecule has 2 aliphatic rings. The number of likely N-dealkylation sites (N-methyl/N-ethyl adjacent to an activating group) is 1. The van der Waals surface area contributed by atoms with Crippen LogP contribution in [0.2, 0.25) is 5.02 Å². The third-order valence-corrected chi connectivity index (χ3v) is 6.71. The van der Waals surface area contributed by atoms with Gasteiger partial charge in [0.2, 0.25) is 0 Å². The summed E-state index contributed by atoms with van der Waals surface area (Å²) in [6.45, 7) is 1.03. The zero-order chi connectivity index (χ0) is 21.5. The highest BCUT2D eigenvalue weighted by Gasteiger charge is 2.25. The summed E-state index contributed by atoms with van der Waals surface area (Å²) < 4.78 is 6.05. The number of nitrogens with zero attached hydrogens (tertiary/aromatic N) is 3. The van der Waals surface area contributed by atoms with E-state index in [1.807, 2.05) is 6.07 Å². The fourth-order valence-corrected chi connectivity index (χ4v) is 4.99. The Labute approximate surface area is 185 Å². The van der Waals surface area contributed by atoms with E-state index in [0.717, 1.165) is 55.4 Å². The van der Waals surface area contributed by atoms with E-state index in [1.54, 1.807) is 0 Å². The van der Waals surface area contributed by atoms with Gasteiger partial charge in [0.25, 0.3) is 6.01 Å². The molecule has 1 aliphatic heterocycles. The molecule has 1 fully saturated rings. The number of halogens is 1. The Kier molecular flexibility index (Phi) is 5.22. The van der Waals surface area contributed by atoms with Crippen LogP contribution in [0, 0.1) is 5.92 Å².